The number of hydrogen-bond acceptors (Lipinski definition) is 2. The summed E-state index contributed by atoms with van der Waals surface area (Å²) in [5, 5.41) is 8.77. The van der Waals surface area contributed by atoms with Crippen LogP contribution in [0, 0.1) is 11.8 Å². The van der Waals surface area contributed by atoms with Crippen LogP contribution in [0.4, 0.5) is 0 Å². The van der Waals surface area contributed by atoms with Crippen molar-refractivity contribution in [3.8, 4) is 11.8 Å². The summed E-state index contributed by atoms with van der Waals surface area (Å²) in [4.78, 5) is 20.7. The lowest BCUT2D eigenvalue weighted by Crippen LogP contribution is -1.90. The maximum absolute atomic E-state index is 10.5. The highest BCUT2D eigenvalue weighted by molar-refractivity contribution is 6.31. The standard InChI is InChI=1S/C11H7ClO3/c12-10-5-4-8(7-13)6-9(10)2-1-3-11(14)15/h4-7H,3H2,(H,14,15). The largest absolute Gasteiger partial charge is 0.481 e. The van der Waals surface area contributed by atoms with Crippen molar-refractivity contribution in [2.24, 2.45) is 0 Å². The maximum atomic E-state index is 10.5. The van der Waals surface area contributed by atoms with Crippen LogP contribution in [-0.2, 0) is 4.79 Å². The van der Waals surface area contributed by atoms with E-state index in [1.54, 1.807) is 12.1 Å². The molecule has 0 unspecified atom stereocenters. The average Bonchev–Trinajstić information content (AvgIpc) is 2.20. The van der Waals surface area contributed by atoms with Gasteiger partial charge in [-0.2, -0.15) is 0 Å². The topological polar surface area (TPSA) is 54.4 Å². The highest BCUT2D eigenvalue weighted by atomic mass is 35.5. The Labute approximate surface area is 91.7 Å². The van der Waals surface area contributed by atoms with E-state index in [0.29, 0.717) is 22.4 Å². The molecule has 0 saturated carbocycles. The minimum atomic E-state index is -0.995. The zero-order valence-electron chi connectivity index (χ0n) is 7.66. The zero-order valence-corrected chi connectivity index (χ0v) is 8.41. The van der Waals surface area contributed by atoms with Crippen LogP contribution in [0.15, 0.2) is 18.2 Å². The first-order chi connectivity index (χ1) is 7.13. The van der Waals surface area contributed by atoms with Crippen LogP contribution in [0.25, 0.3) is 0 Å². The molecule has 1 aromatic carbocycles. The van der Waals surface area contributed by atoms with Crippen molar-refractivity contribution in [3.05, 3.63) is 34.3 Å². The maximum Gasteiger partial charge on any atom is 0.315 e. The number of benzene rings is 1. The van der Waals surface area contributed by atoms with Gasteiger partial charge in [0.2, 0.25) is 0 Å². The summed E-state index contributed by atoms with van der Waals surface area (Å²) in [7, 11) is 0. The quantitative estimate of drug-likeness (QED) is 0.615. The van der Waals surface area contributed by atoms with E-state index < -0.39 is 5.97 Å². The van der Waals surface area contributed by atoms with Gasteiger partial charge in [-0.05, 0) is 12.1 Å². The first-order valence-electron chi connectivity index (χ1n) is 4.09. The van der Waals surface area contributed by atoms with Crippen molar-refractivity contribution in [2.75, 3.05) is 0 Å². The molecule has 0 spiro atoms. The van der Waals surface area contributed by atoms with Gasteiger partial charge in [-0.3, -0.25) is 9.59 Å². The Kier molecular flexibility index (Phi) is 3.90. The third kappa shape index (κ3) is 3.45. The SMILES string of the molecule is O=Cc1ccc(Cl)c(C#CCC(=O)O)c1. The molecule has 0 amide bonds. The van der Waals surface area contributed by atoms with Gasteiger partial charge in [0.15, 0.2) is 0 Å². The third-order valence-corrected chi connectivity index (χ3v) is 1.92. The number of carbonyl (C=O) groups is 2. The molecular weight excluding hydrogens is 216 g/mol. The fraction of sp³-hybridized carbons (Fsp3) is 0.0909. The number of carboxylic acid groups (broad SMARTS) is 1. The molecule has 4 heteroatoms. The fourth-order valence-electron chi connectivity index (χ4n) is 0.927. The highest BCUT2D eigenvalue weighted by Gasteiger charge is 1.98. The Morgan fingerprint density at radius 1 is 1.53 bits per heavy atom. The molecule has 3 nitrogen and oxygen atoms in total. The van der Waals surface area contributed by atoms with Gasteiger partial charge >= 0.3 is 5.97 Å². The highest BCUT2D eigenvalue weighted by Crippen LogP contribution is 2.15. The van der Waals surface area contributed by atoms with Crippen LogP contribution in [-0.4, -0.2) is 17.4 Å². The summed E-state index contributed by atoms with van der Waals surface area (Å²) >= 11 is 5.80. The van der Waals surface area contributed by atoms with Crippen molar-refractivity contribution in [1.82, 2.24) is 0 Å². The molecule has 15 heavy (non-hydrogen) atoms. The van der Waals surface area contributed by atoms with Gasteiger partial charge in [0.05, 0.1) is 5.02 Å². The van der Waals surface area contributed by atoms with E-state index in [9.17, 15) is 9.59 Å². The number of halogens is 1. The number of aldehydes is 1. The summed E-state index contributed by atoms with van der Waals surface area (Å²) in [5.74, 6) is 4.05. The summed E-state index contributed by atoms with van der Waals surface area (Å²) in [6, 6.07) is 4.64. The van der Waals surface area contributed by atoms with Crippen molar-refractivity contribution in [3.63, 3.8) is 0 Å². The van der Waals surface area contributed by atoms with E-state index in [4.69, 9.17) is 16.7 Å². The van der Waals surface area contributed by atoms with E-state index in [0.717, 1.165) is 0 Å². The zero-order chi connectivity index (χ0) is 11.3. The Morgan fingerprint density at radius 2 is 2.27 bits per heavy atom. The average molecular weight is 223 g/mol. The fourth-order valence-corrected chi connectivity index (χ4v) is 1.09. The molecule has 0 fully saturated rings. The number of hydrogen-bond donors (Lipinski definition) is 1. The lowest BCUT2D eigenvalue weighted by atomic mass is 10.1. The van der Waals surface area contributed by atoms with E-state index >= 15 is 0 Å². The van der Waals surface area contributed by atoms with Crippen LogP contribution >= 0.6 is 11.6 Å². The molecule has 0 saturated heterocycles. The lowest BCUT2D eigenvalue weighted by molar-refractivity contribution is -0.135. The second kappa shape index (κ2) is 5.18. The predicted octanol–water partition coefficient (Wildman–Crippen LogP) is 1.98. The molecule has 1 N–H and O–H groups in total. The van der Waals surface area contributed by atoms with E-state index in [-0.39, 0.29) is 6.42 Å². The number of rotatable bonds is 2. The molecule has 1 rings (SSSR count). The normalized spacial score (nSPS) is 8.87. The third-order valence-electron chi connectivity index (χ3n) is 1.59. The van der Waals surface area contributed by atoms with E-state index in [1.165, 1.54) is 6.07 Å². The molecule has 0 heterocycles. The van der Waals surface area contributed by atoms with Gasteiger partial charge in [0.1, 0.15) is 12.7 Å². The van der Waals surface area contributed by atoms with E-state index in [1.807, 2.05) is 0 Å². The van der Waals surface area contributed by atoms with Crippen molar-refractivity contribution < 1.29 is 14.7 Å². The lowest BCUT2D eigenvalue weighted by Gasteiger charge is -1.96. The van der Waals surface area contributed by atoms with Crippen molar-refractivity contribution >= 4 is 23.9 Å². The summed E-state index contributed by atoms with van der Waals surface area (Å²) in [6.07, 6.45) is 0.431. The first-order valence-corrected chi connectivity index (χ1v) is 4.46. The van der Waals surface area contributed by atoms with Crippen LogP contribution in [0.5, 0.6) is 0 Å². The molecule has 76 valence electrons. The van der Waals surface area contributed by atoms with Gasteiger partial charge in [0, 0.05) is 11.1 Å². The van der Waals surface area contributed by atoms with Gasteiger partial charge in [-0.1, -0.05) is 29.5 Å². The van der Waals surface area contributed by atoms with Gasteiger partial charge in [0.25, 0.3) is 0 Å². The molecule has 0 aliphatic carbocycles. The number of carboxylic acids is 1. The van der Waals surface area contributed by atoms with Gasteiger partial charge in [-0.15, -0.1) is 0 Å². The predicted molar refractivity (Wildman–Crippen MR) is 56.0 cm³/mol. The Bertz CT molecular complexity index is 455. The molecule has 0 aromatic heterocycles. The summed E-state index contributed by atoms with van der Waals surface area (Å²) in [5.41, 5.74) is 0.918. The van der Waals surface area contributed by atoms with Crippen LogP contribution < -0.4 is 0 Å². The smallest absolute Gasteiger partial charge is 0.315 e. The monoisotopic (exact) mass is 222 g/mol. The molecule has 0 aliphatic rings. The van der Waals surface area contributed by atoms with E-state index in [2.05, 4.69) is 11.8 Å². The Hall–Kier alpha value is -1.79. The first kappa shape index (κ1) is 11.3. The van der Waals surface area contributed by atoms with Crippen molar-refractivity contribution in [2.45, 2.75) is 6.42 Å². The molecule has 0 aliphatic heterocycles. The molecule has 0 atom stereocenters. The Balaban J connectivity index is 2.95. The number of carbonyl (C=O) groups excluding carboxylic acids is 1. The van der Waals surface area contributed by atoms with Crippen LogP contribution in [0.1, 0.15) is 22.3 Å². The van der Waals surface area contributed by atoms with Crippen LogP contribution in [0.2, 0.25) is 5.02 Å². The van der Waals surface area contributed by atoms with Gasteiger partial charge < -0.3 is 5.11 Å². The van der Waals surface area contributed by atoms with Crippen LogP contribution in [0.3, 0.4) is 0 Å². The second-order valence-corrected chi connectivity index (χ2v) is 3.14. The number of aliphatic carboxylic acids is 1. The van der Waals surface area contributed by atoms with Gasteiger partial charge in [-0.25, -0.2) is 0 Å². The second-order valence-electron chi connectivity index (χ2n) is 2.73. The Morgan fingerprint density at radius 3 is 2.87 bits per heavy atom. The minimum Gasteiger partial charge on any atom is -0.481 e. The summed E-state index contributed by atoms with van der Waals surface area (Å²) < 4.78 is 0. The molecule has 0 bridgehead atoms. The molecular formula is C11H7ClO3. The molecule has 0 radical (unpaired) electrons. The summed E-state index contributed by atoms with van der Waals surface area (Å²) in [6.45, 7) is 0. The van der Waals surface area contributed by atoms with Crippen molar-refractivity contribution in [1.29, 1.82) is 0 Å². The molecule has 1 aromatic rings. The minimum absolute atomic E-state index is 0.248.